The number of halogens is 2. The van der Waals surface area contributed by atoms with Crippen molar-refractivity contribution in [1.29, 1.82) is 0 Å². The fourth-order valence-electron chi connectivity index (χ4n) is 3.82. The molecule has 1 N–H and O–H groups in total. The number of nitrogens with one attached hydrogen (secondary N) is 1. The summed E-state index contributed by atoms with van der Waals surface area (Å²) in [7, 11) is 0. The Bertz CT molecular complexity index is 467. The lowest BCUT2D eigenvalue weighted by Crippen LogP contribution is -2.58. The zero-order valence-electron chi connectivity index (χ0n) is 12.6. The van der Waals surface area contributed by atoms with Crippen LogP contribution in [0.1, 0.15) is 39.0 Å². The highest BCUT2D eigenvalue weighted by Crippen LogP contribution is 2.34. The molecule has 4 heteroatoms. The summed E-state index contributed by atoms with van der Waals surface area (Å²) in [5.74, 6) is 0.625. The zero-order valence-corrected chi connectivity index (χ0v) is 14.2. The van der Waals surface area contributed by atoms with Crippen LogP contribution >= 0.6 is 15.9 Å². The van der Waals surface area contributed by atoms with Crippen molar-refractivity contribution in [1.82, 2.24) is 5.32 Å². The maximum atomic E-state index is 14.3. The van der Waals surface area contributed by atoms with E-state index in [1.54, 1.807) is 12.1 Å². The smallest absolute Gasteiger partial charge is 0.147 e. The van der Waals surface area contributed by atoms with E-state index in [9.17, 15) is 4.39 Å². The molecule has 116 valence electrons. The van der Waals surface area contributed by atoms with Crippen LogP contribution in [0.2, 0.25) is 0 Å². The minimum Gasteiger partial charge on any atom is -0.363 e. The van der Waals surface area contributed by atoms with Gasteiger partial charge in [0.25, 0.3) is 0 Å². The van der Waals surface area contributed by atoms with Gasteiger partial charge in [0.05, 0.1) is 5.69 Å². The van der Waals surface area contributed by atoms with Gasteiger partial charge in [0.2, 0.25) is 0 Å². The predicted octanol–water partition coefficient (Wildman–Crippen LogP) is 4.34. The van der Waals surface area contributed by atoms with Crippen LogP contribution in [-0.2, 0) is 0 Å². The first-order valence-electron chi connectivity index (χ1n) is 8.11. The molecule has 1 saturated heterocycles. The van der Waals surface area contributed by atoms with Gasteiger partial charge in [-0.1, -0.05) is 25.3 Å². The molecule has 1 heterocycles. The maximum Gasteiger partial charge on any atom is 0.147 e. The highest BCUT2D eigenvalue weighted by atomic mass is 79.9. The molecular weight excluding hydrogens is 331 g/mol. The molecular formula is C17H24BrFN2. The van der Waals surface area contributed by atoms with E-state index < -0.39 is 0 Å². The molecule has 1 saturated carbocycles. The quantitative estimate of drug-likeness (QED) is 0.849. The lowest BCUT2D eigenvalue weighted by Gasteiger charge is -2.44. The summed E-state index contributed by atoms with van der Waals surface area (Å²) in [5, 5.41) is 3.70. The lowest BCUT2D eigenvalue weighted by atomic mass is 9.82. The van der Waals surface area contributed by atoms with Crippen molar-refractivity contribution in [3.05, 3.63) is 28.5 Å². The lowest BCUT2D eigenvalue weighted by molar-refractivity contribution is 0.244. The molecule has 3 rings (SSSR count). The van der Waals surface area contributed by atoms with E-state index in [4.69, 9.17) is 0 Å². The minimum absolute atomic E-state index is 0.125. The first kappa shape index (κ1) is 15.3. The monoisotopic (exact) mass is 354 g/mol. The largest absolute Gasteiger partial charge is 0.363 e. The van der Waals surface area contributed by atoms with Crippen molar-refractivity contribution in [2.24, 2.45) is 5.92 Å². The summed E-state index contributed by atoms with van der Waals surface area (Å²) in [5.41, 5.74) is 0.729. The highest BCUT2D eigenvalue weighted by molar-refractivity contribution is 9.10. The van der Waals surface area contributed by atoms with E-state index in [-0.39, 0.29) is 5.82 Å². The summed E-state index contributed by atoms with van der Waals surface area (Å²) in [6, 6.07) is 6.06. The predicted molar refractivity (Wildman–Crippen MR) is 89.3 cm³/mol. The molecule has 0 spiro atoms. The average Bonchev–Trinajstić information content (AvgIpc) is 2.50. The SMILES string of the molecule is CC1CNC(C2CCCCC2)CN1c1c(F)cccc1Br. The highest BCUT2D eigenvalue weighted by Gasteiger charge is 2.32. The zero-order chi connectivity index (χ0) is 14.8. The Balaban J connectivity index is 1.80. The van der Waals surface area contributed by atoms with E-state index in [1.165, 1.54) is 32.1 Å². The van der Waals surface area contributed by atoms with E-state index >= 15 is 0 Å². The van der Waals surface area contributed by atoms with E-state index in [1.807, 2.05) is 6.07 Å². The van der Waals surface area contributed by atoms with Crippen LogP contribution in [0.15, 0.2) is 22.7 Å². The molecule has 0 bridgehead atoms. The van der Waals surface area contributed by atoms with Gasteiger partial charge in [0, 0.05) is 29.6 Å². The molecule has 2 fully saturated rings. The van der Waals surface area contributed by atoms with Gasteiger partial charge in [0.15, 0.2) is 0 Å². The van der Waals surface area contributed by atoms with Crippen molar-refractivity contribution < 1.29 is 4.39 Å². The molecule has 0 amide bonds. The van der Waals surface area contributed by atoms with Gasteiger partial charge in [0.1, 0.15) is 5.82 Å². The topological polar surface area (TPSA) is 15.3 Å². The Morgan fingerprint density at radius 3 is 2.71 bits per heavy atom. The van der Waals surface area contributed by atoms with Gasteiger partial charge in [-0.15, -0.1) is 0 Å². The second kappa shape index (κ2) is 6.66. The molecule has 21 heavy (non-hydrogen) atoms. The van der Waals surface area contributed by atoms with Gasteiger partial charge in [-0.25, -0.2) is 4.39 Å². The van der Waals surface area contributed by atoms with Crippen LogP contribution in [0.3, 0.4) is 0 Å². The summed E-state index contributed by atoms with van der Waals surface area (Å²) >= 11 is 3.52. The molecule has 1 aromatic rings. The van der Waals surface area contributed by atoms with Gasteiger partial charge >= 0.3 is 0 Å². The summed E-state index contributed by atoms with van der Waals surface area (Å²) in [4.78, 5) is 2.25. The molecule has 1 aliphatic carbocycles. The van der Waals surface area contributed by atoms with Crippen molar-refractivity contribution in [3.63, 3.8) is 0 Å². The van der Waals surface area contributed by atoms with Crippen molar-refractivity contribution in [3.8, 4) is 0 Å². The van der Waals surface area contributed by atoms with Gasteiger partial charge < -0.3 is 10.2 Å². The van der Waals surface area contributed by atoms with Crippen LogP contribution in [0, 0.1) is 11.7 Å². The normalized spacial score (nSPS) is 27.9. The van der Waals surface area contributed by atoms with Crippen molar-refractivity contribution in [2.45, 2.75) is 51.1 Å². The number of benzene rings is 1. The fourth-order valence-corrected chi connectivity index (χ4v) is 4.39. The number of hydrogen-bond acceptors (Lipinski definition) is 2. The minimum atomic E-state index is -0.125. The van der Waals surface area contributed by atoms with Crippen LogP contribution in [0.5, 0.6) is 0 Å². The summed E-state index contributed by atoms with van der Waals surface area (Å²) < 4.78 is 15.1. The van der Waals surface area contributed by atoms with Crippen LogP contribution in [0.25, 0.3) is 0 Å². The second-order valence-electron chi connectivity index (χ2n) is 6.48. The molecule has 2 nitrogen and oxygen atoms in total. The molecule has 0 radical (unpaired) electrons. The van der Waals surface area contributed by atoms with Crippen LogP contribution < -0.4 is 10.2 Å². The van der Waals surface area contributed by atoms with E-state index in [2.05, 4.69) is 33.1 Å². The first-order chi connectivity index (χ1) is 10.2. The standard InChI is InChI=1S/C17H24BrFN2/c1-12-10-20-16(13-6-3-2-4-7-13)11-21(12)17-14(18)8-5-9-15(17)19/h5,8-9,12-13,16,20H,2-4,6-7,10-11H2,1H3. The van der Waals surface area contributed by atoms with Gasteiger partial charge in [-0.2, -0.15) is 0 Å². The van der Waals surface area contributed by atoms with Gasteiger partial charge in [-0.05, 0) is 53.7 Å². The third-order valence-electron chi connectivity index (χ3n) is 5.04. The number of anilines is 1. The van der Waals surface area contributed by atoms with E-state index in [0.29, 0.717) is 12.1 Å². The maximum absolute atomic E-state index is 14.3. The van der Waals surface area contributed by atoms with Crippen LogP contribution in [-0.4, -0.2) is 25.2 Å². The van der Waals surface area contributed by atoms with Crippen molar-refractivity contribution >= 4 is 21.6 Å². The van der Waals surface area contributed by atoms with Crippen LogP contribution in [0.4, 0.5) is 10.1 Å². The van der Waals surface area contributed by atoms with Crippen molar-refractivity contribution in [2.75, 3.05) is 18.0 Å². The first-order valence-corrected chi connectivity index (χ1v) is 8.90. The number of hydrogen-bond donors (Lipinski definition) is 1. The number of para-hydroxylation sites is 1. The molecule has 1 aliphatic heterocycles. The third-order valence-corrected chi connectivity index (χ3v) is 5.68. The Hall–Kier alpha value is -0.610. The Morgan fingerprint density at radius 2 is 2.00 bits per heavy atom. The third kappa shape index (κ3) is 3.26. The Labute approximate surface area is 135 Å². The Morgan fingerprint density at radius 1 is 1.24 bits per heavy atom. The van der Waals surface area contributed by atoms with Gasteiger partial charge in [-0.3, -0.25) is 0 Å². The fraction of sp³-hybridized carbons (Fsp3) is 0.647. The summed E-state index contributed by atoms with van der Waals surface area (Å²) in [6.45, 7) is 4.01. The molecule has 1 aromatic carbocycles. The molecule has 0 aromatic heterocycles. The number of rotatable bonds is 2. The molecule has 2 aliphatic rings. The average molecular weight is 355 g/mol. The van der Waals surface area contributed by atoms with E-state index in [0.717, 1.165) is 29.2 Å². The molecule has 2 unspecified atom stereocenters. The number of piperazine rings is 1. The molecule has 2 atom stereocenters. The number of nitrogens with zero attached hydrogens (tertiary/aromatic N) is 1. The Kier molecular flexibility index (Phi) is 4.85. The second-order valence-corrected chi connectivity index (χ2v) is 7.34. The summed E-state index contributed by atoms with van der Waals surface area (Å²) in [6.07, 6.45) is 6.71.